The monoisotopic (exact) mass is 365 g/mol. The van der Waals surface area contributed by atoms with Gasteiger partial charge in [0.05, 0.1) is 0 Å². The third-order valence-electron chi connectivity index (χ3n) is 3.59. The Hall–Kier alpha value is -3.23. The first-order valence-electron chi connectivity index (χ1n) is 7.93. The van der Waals surface area contributed by atoms with Crippen molar-refractivity contribution in [2.45, 2.75) is 6.61 Å². The van der Waals surface area contributed by atoms with E-state index in [0.717, 1.165) is 11.1 Å². The van der Waals surface area contributed by atoms with E-state index in [1.807, 2.05) is 54.6 Å². The Balaban J connectivity index is 1.71. The van der Waals surface area contributed by atoms with E-state index in [2.05, 4.69) is 16.9 Å². The fraction of sp³-hybridized carbons (Fsp3) is 0.100. The molecule has 0 saturated heterocycles. The highest BCUT2D eigenvalue weighted by Crippen LogP contribution is 2.27. The Kier molecular flexibility index (Phi) is 5.57. The minimum Gasteiger partial charge on any atom is -0.489 e. The van der Waals surface area contributed by atoms with E-state index in [0.29, 0.717) is 35.7 Å². The number of anilines is 1. The number of oxazole rings is 1. The zero-order valence-electron chi connectivity index (χ0n) is 13.9. The summed E-state index contributed by atoms with van der Waals surface area (Å²) < 4.78 is 11.4. The zero-order valence-corrected chi connectivity index (χ0v) is 14.7. The van der Waals surface area contributed by atoms with Gasteiger partial charge in [0.15, 0.2) is 0 Å². The minimum atomic E-state index is 0.209. The number of nitrogens with zero attached hydrogens (tertiary/aromatic N) is 2. The van der Waals surface area contributed by atoms with Crippen LogP contribution >= 0.6 is 11.6 Å². The lowest BCUT2D eigenvalue weighted by Gasteiger charge is -2.08. The molecule has 0 saturated carbocycles. The quantitative estimate of drug-likeness (QED) is 0.593. The number of rotatable bonds is 7. The molecule has 26 heavy (non-hydrogen) atoms. The van der Waals surface area contributed by atoms with Crippen LogP contribution in [0.25, 0.3) is 11.5 Å². The van der Waals surface area contributed by atoms with E-state index in [1.165, 1.54) is 0 Å². The van der Waals surface area contributed by atoms with Crippen molar-refractivity contribution in [3.8, 4) is 23.3 Å². The van der Waals surface area contributed by atoms with Gasteiger partial charge >= 0.3 is 0 Å². The van der Waals surface area contributed by atoms with Crippen LogP contribution in [-0.4, -0.2) is 11.5 Å². The van der Waals surface area contributed by atoms with E-state index in [4.69, 9.17) is 26.0 Å². The lowest BCUT2D eigenvalue weighted by atomic mass is 10.2. The molecule has 1 heterocycles. The maximum Gasteiger partial charge on any atom is 0.232 e. The smallest absolute Gasteiger partial charge is 0.232 e. The second-order valence-corrected chi connectivity index (χ2v) is 5.79. The summed E-state index contributed by atoms with van der Waals surface area (Å²) in [5.41, 5.74) is 1.88. The maximum atomic E-state index is 9.15. The largest absolute Gasteiger partial charge is 0.489 e. The molecule has 2 aromatic carbocycles. The van der Waals surface area contributed by atoms with Gasteiger partial charge in [0.1, 0.15) is 18.4 Å². The first-order chi connectivity index (χ1) is 12.7. The number of aromatic nitrogens is 1. The average Bonchev–Trinajstić information content (AvgIpc) is 3.09. The van der Waals surface area contributed by atoms with Crippen molar-refractivity contribution in [2.24, 2.45) is 0 Å². The molecule has 0 amide bonds. The molecule has 5 nitrogen and oxygen atoms in total. The Morgan fingerprint density at radius 2 is 2.00 bits per heavy atom. The number of hydrogen-bond donors (Lipinski definition) is 1. The van der Waals surface area contributed by atoms with E-state index in [1.54, 1.807) is 6.08 Å². The third-order valence-corrected chi connectivity index (χ3v) is 3.96. The molecular formula is C20H16ClN3O2. The molecule has 1 aromatic heterocycles. The number of nitrogens with one attached hydrogen (secondary N) is 1. The predicted octanol–water partition coefficient (Wildman–Crippen LogP) is 5.04. The maximum absolute atomic E-state index is 9.15. The van der Waals surface area contributed by atoms with Crippen molar-refractivity contribution in [1.82, 2.24) is 4.98 Å². The minimum absolute atomic E-state index is 0.209. The summed E-state index contributed by atoms with van der Waals surface area (Å²) >= 11 is 6.12. The number of ether oxygens (including phenoxy) is 1. The Morgan fingerprint density at radius 1 is 1.23 bits per heavy atom. The number of benzene rings is 2. The van der Waals surface area contributed by atoms with Crippen molar-refractivity contribution in [2.75, 3.05) is 11.9 Å². The number of nitriles is 1. The summed E-state index contributed by atoms with van der Waals surface area (Å²) in [7, 11) is 0. The van der Waals surface area contributed by atoms with Crippen LogP contribution in [0.4, 0.5) is 5.88 Å². The lowest BCUT2D eigenvalue weighted by molar-refractivity contribution is 0.306. The molecule has 6 heteroatoms. The van der Waals surface area contributed by atoms with E-state index < -0.39 is 0 Å². The summed E-state index contributed by atoms with van der Waals surface area (Å²) in [6, 6.07) is 16.8. The van der Waals surface area contributed by atoms with Crippen molar-refractivity contribution < 1.29 is 9.15 Å². The van der Waals surface area contributed by atoms with Gasteiger partial charge in [0, 0.05) is 22.7 Å². The lowest BCUT2D eigenvalue weighted by Crippen LogP contribution is -1.97. The van der Waals surface area contributed by atoms with Crippen LogP contribution in [0, 0.1) is 11.3 Å². The van der Waals surface area contributed by atoms with Crippen molar-refractivity contribution in [3.05, 3.63) is 77.5 Å². The second-order valence-electron chi connectivity index (χ2n) is 5.38. The van der Waals surface area contributed by atoms with Gasteiger partial charge in [-0.15, -0.1) is 6.58 Å². The molecule has 0 radical (unpaired) electrons. The van der Waals surface area contributed by atoms with Crippen molar-refractivity contribution in [1.29, 1.82) is 5.26 Å². The van der Waals surface area contributed by atoms with Gasteiger partial charge in [-0.05, 0) is 30.3 Å². The zero-order chi connectivity index (χ0) is 18.4. The summed E-state index contributed by atoms with van der Waals surface area (Å²) in [5.74, 6) is 1.40. The highest BCUT2D eigenvalue weighted by molar-refractivity contribution is 6.31. The molecule has 0 spiro atoms. The van der Waals surface area contributed by atoms with Gasteiger partial charge < -0.3 is 14.5 Å². The molecule has 0 unspecified atom stereocenters. The van der Waals surface area contributed by atoms with Crippen LogP contribution in [0.15, 0.2) is 65.6 Å². The fourth-order valence-electron chi connectivity index (χ4n) is 2.27. The average molecular weight is 366 g/mol. The summed E-state index contributed by atoms with van der Waals surface area (Å²) in [5, 5.41) is 12.8. The normalized spacial score (nSPS) is 10.2. The molecule has 3 aromatic rings. The van der Waals surface area contributed by atoms with Gasteiger partial charge in [-0.3, -0.25) is 0 Å². The van der Waals surface area contributed by atoms with E-state index >= 15 is 0 Å². The summed E-state index contributed by atoms with van der Waals surface area (Å²) in [6.07, 6.45) is 1.68. The molecule has 0 fully saturated rings. The molecular weight excluding hydrogens is 350 g/mol. The molecule has 0 atom stereocenters. The molecule has 0 aliphatic heterocycles. The Morgan fingerprint density at radius 3 is 2.69 bits per heavy atom. The van der Waals surface area contributed by atoms with Gasteiger partial charge in [0.2, 0.25) is 17.5 Å². The molecule has 130 valence electrons. The molecule has 0 aliphatic rings. The standard InChI is InChI=1S/C20H16ClN3O2/c1-2-11-23-20-18(12-22)24-19(26-20)14-7-9-16(10-8-14)25-13-15-5-3-4-6-17(15)21/h2-10,23H,1,11,13H2. The Labute approximate surface area is 156 Å². The topological polar surface area (TPSA) is 71.1 Å². The van der Waals surface area contributed by atoms with Gasteiger partial charge in [-0.25, -0.2) is 0 Å². The predicted molar refractivity (Wildman–Crippen MR) is 101 cm³/mol. The molecule has 1 N–H and O–H groups in total. The summed E-state index contributed by atoms with van der Waals surface area (Å²) in [6.45, 7) is 4.49. The molecule has 0 aliphatic carbocycles. The van der Waals surface area contributed by atoms with Gasteiger partial charge in [-0.2, -0.15) is 10.2 Å². The van der Waals surface area contributed by atoms with Crippen LogP contribution in [0.1, 0.15) is 11.3 Å². The fourth-order valence-corrected chi connectivity index (χ4v) is 2.46. The highest BCUT2D eigenvalue weighted by Gasteiger charge is 2.14. The first kappa shape index (κ1) is 17.6. The van der Waals surface area contributed by atoms with Crippen LogP contribution < -0.4 is 10.1 Å². The van der Waals surface area contributed by atoms with E-state index in [9.17, 15) is 0 Å². The highest BCUT2D eigenvalue weighted by atomic mass is 35.5. The Bertz CT molecular complexity index is 942. The number of hydrogen-bond acceptors (Lipinski definition) is 5. The van der Waals surface area contributed by atoms with Gasteiger partial charge in [-0.1, -0.05) is 35.9 Å². The van der Waals surface area contributed by atoms with Crippen LogP contribution in [-0.2, 0) is 6.61 Å². The van der Waals surface area contributed by atoms with Crippen LogP contribution in [0.2, 0.25) is 5.02 Å². The van der Waals surface area contributed by atoms with Gasteiger partial charge in [0.25, 0.3) is 0 Å². The van der Waals surface area contributed by atoms with Crippen molar-refractivity contribution in [3.63, 3.8) is 0 Å². The molecule has 3 rings (SSSR count). The molecule has 0 bridgehead atoms. The third kappa shape index (κ3) is 4.05. The summed E-state index contributed by atoms with van der Waals surface area (Å²) in [4.78, 5) is 4.20. The second kappa shape index (κ2) is 8.24. The van der Waals surface area contributed by atoms with Crippen molar-refractivity contribution >= 4 is 17.5 Å². The SMILES string of the molecule is C=CCNc1oc(-c2ccc(OCc3ccccc3Cl)cc2)nc1C#N. The van der Waals surface area contributed by atoms with E-state index in [-0.39, 0.29) is 5.69 Å². The number of halogens is 1. The van der Waals surface area contributed by atoms with Crippen LogP contribution in [0.3, 0.4) is 0 Å². The van der Waals surface area contributed by atoms with Crippen LogP contribution in [0.5, 0.6) is 5.75 Å². The first-order valence-corrected chi connectivity index (χ1v) is 8.31.